The number of thiazole rings is 1. The summed E-state index contributed by atoms with van der Waals surface area (Å²) in [5, 5.41) is 0.791. The Kier molecular flexibility index (Phi) is 6.13. The van der Waals surface area contributed by atoms with Crippen LogP contribution < -0.4 is 4.74 Å². The van der Waals surface area contributed by atoms with E-state index in [-0.39, 0.29) is 12.0 Å². The van der Waals surface area contributed by atoms with Gasteiger partial charge in [0.05, 0.1) is 22.2 Å². The number of methoxy groups -OCH3 is 1. The molecule has 0 bridgehead atoms. The van der Waals surface area contributed by atoms with Gasteiger partial charge in [-0.25, -0.2) is 9.78 Å². The second kappa shape index (κ2) is 8.64. The number of carbonyl (C=O) groups is 2. The van der Waals surface area contributed by atoms with Crippen LogP contribution in [0, 0.1) is 5.92 Å². The van der Waals surface area contributed by atoms with E-state index in [1.165, 1.54) is 11.3 Å². The minimum Gasteiger partial charge on any atom is -0.493 e. The molecule has 2 aliphatic rings. The average Bonchev–Trinajstić information content (AvgIpc) is 3.27. The van der Waals surface area contributed by atoms with Gasteiger partial charge in [-0.15, -0.1) is 11.3 Å². The molecule has 2 aliphatic heterocycles. The Hall–Kier alpha value is -1.97. The van der Waals surface area contributed by atoms with Gasteiger partial charge in [0, 0.05) is 31.7 Å². The van der Waals surface area contributed by atoms with E-state index in [1.54, 1.807) is 18.2 Å². The Morgan fingerprint density at radius 3 is 2.80 bits per heavy atom. The molecule has 1 aromatic heterocycles. The second-order valence-corrected chi connectivity index (χ2v) is 10.1. The molecule has 0 aliphatic carbocycles. The van der Waals surface area contributed by atoms with E-state index >= 15 is 0 Å². The SMILES string of the molecule is COCCCOc1cc2c(cc1-c1ncc(Br)s1)C1OC(=O)C(=O)N1C(C(C)C)C2. The highest BCUT2D eigenvalue weighted by Crippen LogP contribution is 2.45. The summed E-state index contributed by atoms with van der Waals surface area (Å²) in [7, 11) is 1.67. The molecule has 160 valence electrons. The summed E-state index contributed by atoms with van der Waals surface area (Å²) in [5.41, 5.74) is 2.66. The monoisotopic (exact) mass is 494 g/mol. The van der Waals surface area contributed by atoms with Crippen LogP contribution in [0.2, 0.25) is 0 Å². The number of fused-ring (bicyclic) bond motifs is 3. The van der Waals surface area contributed by atoms with Crippen molar-refractivity contribution in [3.05, 3.63) is 33.2 Å². The minimum absolute atomic E-state index is 0.109. The highest BCUT2D eigenvalue weighted by atomic mass is 79.9. The Bertz CT molecular complexity index is 976. The summed E-state index contributed by atoms with van der Waals surface area (Å²) in [6.07, 6.45) is 2.45. The molecule has 0 spiro atoms. The molecule has 0 radical (unpaired) electrons. The predicted octanol–water partition coefficient (Wildman–Crippen LogP) is 3.95. The first kappa shape index (κ1) is 21.3. The quantitative estimate of drug-likeness (QED) is 0.329. The minimum atomic E-state index is -0.795. The van der Waals surface area contributed by atoms with Crippen LogP contribution in [0.5, 0.6) is 5.75 Å². The van der Waals surface area contributed by atoms with Gasteiger partial charge in [-0.3, -0.25) is 9.69 Å². The zero-order valence-electron chi connectivity index (χ0n) is 17.0. The standard InChI is InChI=1S/C21H23BrN2O5S/c1-11(2)15-7-12-8-16(28-6-4-5-27-3)14(18-23-10-17(22)30-18)9-13(12)20-24(15)19(25)21(26)29-20/h8-11,15,20H,4-7H2,1-3H3. The van der Waals surface area contributed by atoms with Crippen LogP contribution in [0.15, 0.2) is 22.1 Å². The lowest BCUT2D eigenvalue weighted by Gasteiger charge is -2.39. The molecule has 0 saturated carbocycles. The molecule has 4 rings (SSSR count). The number of aromatic nitrogens is 1. The van der Waals surface area contributed by atoms with Crippen LogP contribution >= 0.6 is 27.3 Å². The van der Waals surface area contributed by atoms with Crippen LogP contribution in [0.3, 0.4) is 0 Å². The van der Waals surface area contributed by atoms with Gasteiger partial charge in [0.15, 0.2) is 0 Å². The number of ether oxygens (including phenoxy) is 3. The Balaban J connectivity index is 1.78. The van der Waals surface area contributed by atoms with Crippen LogP contribution in [-0.2, 0) is 25.5 Å². The zero-order chi connectivity index (χ0) is 21.4. The van der Waals surface area contributed by atoms with Crippen molar-refractivity contribution in [1.82, 2.24) is 9.88 Å². The molecule has 3 heterocycles. The fourth-order valence-electron chi connectivity index (χ4n) is 3.94. The summed E-state index contributed by atoms with van der Waals surface area (Å²) >= 11 is 4.96. The summed E-state index contributed by atoms with van der Waals surface area (Å²) in [4.78, 5) is 30.6. The highest BCUT2D eigenvalue weighted by molar-refractivity contribution is 9.11. The molecule has 1 fully saturated rings. The Morgan fingerprint density at radius 1 is 1.33 bits per heavy atom. The van der Waals surface area contributed by atoms with E-state index in [0.29, 0.717) is 19.6 Å². The number of benzene rings is 1. The van der Waals surface area contributed by atoms with Crippen molar-refractivity contribution in [2.24, 2.45) is 5.92 Å². The van der Waals surface area contributed by atoms with Crippen LogP contribution in [0.25, 0.3) is 10.6 Å². The normalized spacial score (nSPS) is 20.4. The maximum atomic E-state index is 12.5. The highest BCUT2D eigenvalue weighted by Gasteiger charge is 2.49. The fraction of sp³-hybridized carbons (Fsp3) is 0.476. The molecule has 1 amide bonds. The van der Waals surface area contributed by atoms with Crippen molar-refractivity contribution in [2.45, 2.75) is 39.0 Å². The molecule has 2 atom stereocenters. The van der Waals surface area contributed by atoms with Crippen LogP contribution in [0.1, 0.15) is 37.6 Å². The van der Waals surface area contributed by atoms with Gasteiger partial charge in [-0.2, -0.15) is 0 Å². The number of nitrogens with zero attached hydrogens (tertiary/aromatic N) is 2. The third-order valence-corrected chi connectivity index (χ3v) is 6.91. The average molecular weight is 495 g/mol. The first-order chi connectivity index (χ1) is 14.4. The van der Waals surface area contributed by atoms with Crippen molar-refractivity contribution in [3.63, 3.8) is 0 Å². The second-order valence-electron chi connectivity index (χ2n) is 7.70. The van der Waals surface area contributed by atoms with Crippen molar-refractivity contribution in [2.75, 3.05) is 20.3 Å². The van der Waals surface area contributed by atoms with Gasteiger partial charge < -0.3 is 14.2 Å². The van der Waals surface area contributed by atoms with E-state index in [9.17, 15) is 9.59 Å². The number of hydrogen-bond acceptors (Lipinski definition) is 7. The van der Waals surface area contributed by atoms with Crippen LogP contribution in [0.4, 0.5) is 0 Å². The summed E-state index contributed by atoms with van der Waals surface area (Å²) < 4.78 is 17.6. The lowest BCUT2D eigenvalue weighted by Crippen LogP contribution is -2.46. The number of carbonyl (C=O) groups excluding carboxylic acids is 2. The number of rotatable bonds is 7. The molecular weight excluding hydrogens is 472 g/mol. The largest absolute Gasteiger partial charge is 0.493 e. The molecule has 7 nitrogen and oxygen atoms in total. The Morgan fingerprint density at radius 2 is 2.13 bits per heavy atom. The van der Waals surface area contributed by atoms with Gasteiger partial charge >= 0.3 is 11.9 Å². The molecule has 0 N–H and O–H groups in total. The molecule has 1 saturated heterocycles. The number of hydrogen-bond donors (Lipinski definition) is 0. The lowest BCUT2D eigenvalue weighted by atomic mass is 9.86. The van der Waals surface area contributed by atoms with Gasteiger partial charge in [-0.05, 0) is 46.0 Å². The molecule has 1 aromatic carbocycles. The van der Waals surface area contributed by atoms with Gasteiger partial charge in [0.25, 0.3) is 0 Å². The van der Waals surface area contributed by atoms with Crippen molar-refractivity contribution in [1.29, 1.82) is 0 Å². The van der Waals surface area contributed by atoms with Crippen molar-refractivity contribution in [3.8, 4) is 16.3 Å². The first-order valence-electron chi connectivity index (χ1n) is 9.84. The predicted molar refractivity (Wildman–Crippen MR) is 115 cm³/mol. The number of halogens is 1. The smallest absolute Gasteiger partial charge is 0.399 e. The van der Waals surface area contributed by atoms with Crippen LogP contribution in [-0.4, -0.2) is 48.1 Å². The molecule has 2 unspecified atom stereocenters. The maximum absolute atomic E-state index is 12.5. The number of amides is 1. The first-order valence-corrected chi connectivity index (χ1v) is 11.4. The summed E-state index contributed by atoms with van der Waals surface area (Å²) in [6, 6.07) is 3.85. The molecular formula is C21H23BrN2O5S. The van der Waals surface area contributed by atoms with E-state index in [0.717, 1.165) is 37.7 Å². The van der Waals surface area contributed by atoms with Gasteiger partial charge in [0.1, 0.15) is 10.8 Å². The zero-order valence-corrected chi connectivity index (χ0v) is 19.4. The lowest BCUT2D eigenvalue weighted by molar-refractivity contribution is -0.149. The van der Waals surface area contributed by atoms with E-state index in [1.807, 2.05) is 26.0 Å². The molecule has 9 heteroatoms. The molecule has 2 aromatic rings. The van der Waals surface area contributed by atoms with E-state index in [2.05, 4.69) is 20.9 Å². The van der Waals surface area contributed by atoms with E-state index in [4.69, 9.17) is 14.2 Å². The molecule has 30 heavy (non-hydrogen) atoms. The summed E-state index contributed by atoms with van der Waals surface area (Å²) in [5.74, 6) is -0.446. The Labute approximate surface area is 187 Å². The van der Waals surface area contributed by atoms with E-state index < -0.39 is 18.1 Å². The number of esters is 1. The maximum Gasteiger partial charge on any atom is 0.399 e. The topological polar surface area (TPSA) is 78.0 Å². The third-order valence-electron chi connectivity index (χ3n) is 5.40. The van der Waals surface area contributed by atoms with Crippen molar-refractivity contribution >= 4 is 39.1 Å². The van der Waals surface area contributed by atoms with Gasteiger partial charge in [0.2, 0.25) is 6.23 Å². The van der Waals surface area contributed by atoms with Crippen molar-refractivity contribution < 1.29 is 23.8 Å². The van der Waals surface area contributed by atoms with Gasteiger partial charge in [-0.1, -0.05) is 13.8 Å². The fourth-order valence-corrected chi connectivity index (χ4v) is 5.16. The third kappa shape index (κ3) is 3.86. The summed E-state index contributed by atoms with van der Waals surface area (Å²) in [6.45, 7) is 5.23.